The van der Waals surface area contributed by atoms with Crippen LogP contribution < -0.4 is 15.0 Å². The van der Waals surface area contributed by atoms with Crippen LogP contribution in [0.1, 0.15) is 12.8 Å². The monoisotopic (exact) mass is 356 g/mol. The molecular weight excluding hydrogens is 338 g/mol. The summed E-state index contributed by atoms with van der Waals surface area (Å²) in [6.07, 6.45) is -3.95. The van der Waals surface area contributed by atoms with Crippen molar-refractivity contribution in [2.75, 3.05) is 18.6 Å². The van der Waals surface area contributed by atoms with Crippen LogP contribution in [-0.2, 0) is 14.4 Å². The van der Waals surface area contributed by atoms with Gasteiger partial charge in [0.15, 0.2) is 0 Å². The van der Waals surface area contributed by atoms with E-state index in [1.54, 1.807) is 24.3 Å². The minimum Gasteiger partial charge on any atom is -0.497 e. The molecule has 0 saturated carbocycles. The van der Waals surface area contributed by atoms with Crippen LogP contribution in [0.25, 0.3) is 0 Å². The van der Waals surface area contributed by atoms with Gasteiger partial charge in [-0.1, -0.05) is 0 Å². The van der Waals surface area contributed by atoms with Crippen molar-refractivity contribution in [1.82, 2.24) is 5.32 Å². The second-order valence-electron chi connectivity index (χ2n) is 5.63. The molecule has 1 aliphatic rings. The van der Waals surface area contributed by atoms with E-state index in [0.717, 1.165) is 0 Å². The molecule has 1 aromatic rings. The highest BCUT2D eigenvalue weighted by molar-refractivity contribution is 6.00. The van der Waals surface area contributed by atoms with Crippen LogP contribution in [0.2, 0.25) is 0 Å². The average molecular weight is 356 g/mol. The number of nitrogens with zero attached hydrogens (tertiary/aromatic N) is 1. The Balaban J connectivity index is 2.02. The highest BCUT2D eigenvalue weighted by atomic mass is 19.3. The molecule has 1 aliphatic heterocycles. The number of carbonyl (C=O) groups is 3. The van der Waals surface area contributed by atoms with E-state index in [-0.39, 0.29) is 18.9 Å². The predicted octanol–water partition coefficient (Wildman–Crippen LogP) is 1.27. The summed E-state index contributed by atoms with van der Waals surface area (Å²) in [6, 6.07) is 4.97. The highest BCUT2D eigenvalue weighted by Gasteiger charge is 2.37. The number of halogens is 2. The quantitative estimate of drug-likeness (QED) is 0.767. The molecule has 2 rings (SSSR count). The first-order chi connectivity index (χ1) is 11.8. The number of carboxylic acids is 1. The van der Waals surface area contributed by atoms with Crippen LogP contribution in [-0.4, -0.2) is 49.0 Å². The van der Waals surface area contributed by atoms with Gasteiger partial charge >= 0.3 is 5.97 Å². The number of alkyl halides is 2. The number of benzene rings is 1. The van der Waals surface area contributed by atoms with Crippen molar-refractivity contribution in [1.29, 1.82) is 0 Å². The molecule has 0 aromatic heterocycles. The van der Waals surface area contributed by atoms with E-state index in [1.807, 2.05) is 0 Å². The number of hydrogen-bond donors (Lipinski definition) is 2. The summed E-state index contributed by atoms with van der Waals surface area (Å²) in [5, 5.41) is 11.0. The molecule has 0 aliphatic carbocycles. The number of carbonyl (C=O) groups excluding carboxylic acids is 2. The Hall–Kier alpha value is -2.71. The zero-order valence-corrected chi connectivity index (χ0v) is 13.4. The second kappa shape index (κ2) is 7.91. The summed E-state index contributed by atoms with van der Waals surface area (Å²) in [7, 11) is 1.51. The number of methoxy groups -OCH3 is 1. The van der Waals surface area contributed by atoms with Gasteiger partial charge in [-0.2, -0.15) is 0 Å². The largest absolute Gasteiger partial charge is 0.497 e. The van der Waals surface area contributed by atoms with Crippen molar-refractivity contribution >= 4 is 23.5 Å². The van der Waals surface area contributed by atoms with Crippen molar-refractivity contribution in [2.24, 2.45) is 5.92 Å². The molecule has 2 N–H and O–H groups in total. The van der Waals surface area contributed by atoms with Crippen molar-refractivity contribution in [3.05, 3.63) is 24.3 Å². The van der Waals surface area contributed by atoms with Crippen LogP contribution in [0, 0.1) is 5.92 Å². The summed E-state index contributed by atoms with van der Waals surface area (Å²) in [5.74, 6) is -2.75. The predicted molar refractivity (Wildman–Crippen MR) is 83.6 cm³/mol. The van der Waals surface area contributed by atoms with Crippen LogP contribution in [0.3, 0.4) is 0 Å². The third kappa shape index (κ3) is 4.65. The van der Waals surface area contributed by atoms with E-state index < -0.39 is 36.7 Å². The minimum atomic E-state index is -2.86. The van der Waals surface area contributed by atoms with Gasteiger partial charge in [-0.3, -0.25) is 9.59 Å². The fourth-order valence-corrected chi connectivity index (χ4v) is 2.58. The lowest BCUT2D eigenvalue weighted by atomic mass is 10.1. The zero-order chi connectivity index (χ0) is 18.6. The summed E-state index contributed by atoms with van der Waals surface area (Å²) < 4.78 is 29.8. The third-order valence-electron chi connectivity index (χ3n) is 3.91. The van der Waals surface area contributed by atoms with Gasteiger partial charge in [0.05, 0.1) is 13.0 Å². The van der Waals surface area contributed by atoms with Crippen molar-refractivity contribution < 1.29 is 33.0 Å². The molecule has 2 amide bonds. The Bertz CT molecular complexity index is 650. The van der Waals surface area contributed by atoms with Gasteiger partial charge in [0.25, 0.3) is 0 Å². The van der Waals surface area contributed by atoms with Crippen molar-refractivity contribution in [3.8, 4) is 5.75 Å². The number of rotatable bonds is 7. The highest BCUT2D eigenvalue weighted by Crippen LogP contribution is 2.27. The Morgan fingerprint density at radius 3 is 2.52 bits per heavy atom. The lowest BCUT2D eigenvalue weighted by Gasteiger charge is -2.18. The molecule has 0 spiro atoms. The summed E-state index contributed by atoms with van der Waals surface area (Å²) >= 11 is 0. The molecule has 136 valence electrons. The van der Waals surface area contributed by atoms with Gasteiger partial charge in [0.2, 0.25) is 18.2 Å². The molecule has 2 atom stereocenters. The molecule has 0 radical (unpaired) electrons. The third-order valence-corrected chi connectivity index (χ3v) is 3.91. The number of hydrogen-bond acceptors (Lipinski definition) is 4. The first-order valence-corrected chi connectivity index (χ1v) is 7.57. The SMILES string of the molecule is COc1ccc(N2CC(C(=O)NC(CC(F)F)C(=O)O)CC2=O)cc1. The van der Waals surface area contributed by atoms with E-state index in [1.165, 1.54) is 12.0 Å². The van der Waals surface area contributed by atoms with E-state index in [4.69, 9.17) is 9.84 Å². The van der Waals surface area contributed by atoms with Crippen LogP contribution in [0.4, 0.5) is 14.5 Å². The van der Waals surface area contributed by atoms with E-state index >= 15 is 0 Å². The maximum absolute atomic E-state index is 12.4. The number of anilines is 1. The Morgan fingerprint density at radius 2 is 2.00 bits per heavy atom. The summed E-state index contributed by atoms with van der Waals surface area (Å²) in [5.41, 5.74) is 0.573. The fraction of sp³-hybridized carbons (Fsp3) is 0.438. The smallest absolute Gasteiger partial charge is 0.326 e. The lowest BCUT2D eigenvalue weighted by Crippen LogP contribution is -2.45. The molecule has 1 aromatic carbocycles. The number of carboxylic acid groups (broad SMARTS) is 1. The molecule has 25 heavy (non-hydrogen) atoms. The second-order valence-corrected chi connectivity index (χ2v) is 5.63. The summed E-state index contributed by atoms with van der Waals surface area (Å²) in [4.78, 5) is 36.6. The van der Waals surface area contributed by atoms with Crippen LogP contribution in [0.5, 0.6) is 5.75 Å². The first-order valence-electron chi connectivity index (χ1n) is 7.57. The van der Waals surface area contributed by atoms with Crippen molar-refractivity contribution in [3.63, 3.8) is 0 Å². The molecule has 7 nitrogen and oxygen atoms in total. The number of amides is 2. The van der Waals surface area contributed by atoms with E-state index in [0.29, 0.717) is 11.4 Å². The van der Waals surface area contributed by atoms with Gasteiger partial charge in [-0.15, -0.1) is 0 Å². The van der Waals surface area contributed by atoms with Gasteiger partial charge in [-0.25, -0.2) is 13.6 Å². The standard InChI is InChI=1S/C16H18F2N2O5/c1-25-11-4-2-10(3-5-11)20-8-9(6-14(20)21)15(22)19-12(16(23)24)7-13(17)18/h2-5,9,12-13H,6-8H2,1H3,(H,19,22)(H,23,24). The molecule has 1 saturated heterocycles. The first kappa shape index (κ1) is 18.6. The Morgan fingerprint density at radius 1 is 1.36 bits per heavy atom. The van der Waals surface area contributed by atoms with Crippen LogP contribution >= 0.6 is 0 Å². The topological polar surface area (TPSA) is 95.9 Å². The molecule has 1 heterocycles. The molecular formula is C16H18F2N2O5. The normalized spacial score (nSPS) is 18.3. The number of nitrogens with one attached hydrogen (secondary N) is 1. The molecule has 0 bridgehead atoms. The Kier molecular flexibility index (Phi) is 5.89. The number of aliphatic carboxylic acids is 1. The number of ether oxygens (including phenoxy) is 1. The van der Waals surface area contributed by atoms with Crippen LogP contribution in [0.15, 0.2) is 24.3 Å². The van der Waals surface area contributed by atoms with Gasteiger partial charge in [0, 0.05) is 25.1 Å². The van der Waals surface area contributed by atoms with Gasteiger partial charge in [-0.05, 0) is 24.3 Å². The maximum atomic E-state index is 12.4. The Labute approximate surface area is 142 Å². The lowest BCUT2D eigenvalue weighted by molar-refractivity contribution is -0.143. The van der Waals surface area contributed by atoms with Gasteiger partial charge in [0.1, 0.15) is 11.8 Å². The van der Waals surface area contributed by atoms with Gasteiger partial charge < -0.3 is 20.1 Å². The maximum Gasteiger partial charge on any atom is 0.326 e. The van der Waals surface area contributed by atoms with E-state index in [9.17, 15) is 23.2 Å². The molecule has 2 unspecified atom stereocenters. The minimum absolute atomic E-state index is 0.0536. The van der Waals surface area contributed by atoms with E-state index in [2.05, 4.69) is 5.32 Å². The summed E-state index contributed by atoms with van der Waals surface area (Å²) in [6.45, 7) is 0.0536. The molecule has 1 fully saturated rings. The fourth-order valence-electron chi connectivity index (χ4n) is 2.58. The molecule has 9 heteroatoms. The average Bonchev–Trinajstić information content (AvgIpc) is 2.95. The van der Waals surface area contributed by atoms with Crippen molar-refractivity contribution in [2.45, 2.75) is 25.3 Å². The zero-order valence-electron chi connectivity index (χ0n) is 13.4.